The SMILES string of the molecule is O=C(O)c1ccncc1.[LiH]. The van der Waals surface area contributed by atoms with Gasteiger partial charge in [-0.05, 0) is 12.1 Å². The summed E-state index contributed by atoms with van der Waals surface area (Å²) in [5.41, 5.74) is 0.269. The van der Waals surface area contributed by atoms with Gasteiger partial charge in [-0.3, -0.25) is 4.98 Å². The summed E-state index contributed by atoms with van der Waals surface area (Å²) >= 11 is 0. The Hall–Kier alpha value is -0.783. The summed E-state index contributed by atoms with van der Waals surface area (Å²) < 4.78 is 0. The number of hydrogen-bond acceptors (Lipinski definition) is 2. The number of carbonyl (C=O) groups is 1. The number of aromatic carboxylic acids is 1. The molecule has 1 heterocycles. The van der Waals surface area contributed by atoms with Crippen LogP contribution < -0.4 is 0 Å². The second-order valence-corrected chi connectivity index (χ2v) is 1.54. The summed E-state index contributed by atoms with van der Waals surface area (Å²) in [6, 6.07) is 2.89. The van der Waals surface area contributed by atoms with Gasteiger partial charge in [-0.1, -0.05) is 0 Å². The van der Waals surface area contributed by atoms with Crippen LogP contribution in [0.4, 0.5) is 0 Å². The molecule has 3 nitrogen and oxygen atoms in total. The summed E-state index contributed by atoms with van der Waals surface area (Å²) in [5, 5.41) is 8.36. The number of hydrogen-bond donors (Lipinski definition) is 1. The molecule has 1 N–H and O–H groups in total. The van der Waals surface area contributed by atoms with Crippen molar-refractivity contribution in [1.29, 1.82) is 0 Å². The number of pyridine rings is 1. The first-order valence-electron chi connectivity index (χ1n) is 2.44. The summed E-state index contributed by atoms with van der Waals surface area (Å²) in [7, 11) is 0. The van der Waals surface area contributed by atoms with Crippen molar-refractivity contribution in [2.75, 3.05) is 0 Å². The van der Waals surface area contributed by atoms with Crippen LogP contribution in [0, 0.1) is 0 Å². The second-order valence-electron chi connectivity index (χ2n) is 1.54. The Labute approximate surface area is 70.3 Å². The molecule has 0 unspecified atom stereocenters. The van der Waals surface area contributed by atoms with Crippen molar-refractivity contribution in [2.24, 2.45) is 0 Å². The minimum atomic E-state index is -0.919. The molecule has 0 fully saturated rings. The molecule has 0 spiro atoms. The number of carboxylic acids is 1. The Morgan fingerprint density at radius 2 is 1.90 bits per heavy atom. The second kappa shape index (κ2) is 4.10. The number of carboxylic acid groups (broad SMARTS) is 1. The van der Waals surface area contributed by atoms with Crippen LogP contribution in [0.5, 0.6) is 0 Å². The Bertz CT molecular complexity index is 212. The standard InChI is InChI=1S/C6H5NO2.Li.H/c8-6(9)5-1-3-7-4-2-5;;/h1-4H,(H,8,9);;. The molecule has 0 aliphatic rings. The van der Waals surface area contributed by atoms with Crippen molar-refractivity contribution in [3.8, 4) is 0 Å². The van der Waals surface area contributed by atoms with Gasteiger partial charge in [-0.2, -0.15) is 0 Å². The topological polar surface area (TPSA) is 50.2 Å². The molecule has 0 aliphatic heterocycles. The van der Waals surface area contributed by atoms with Gasteiger partial charge in [-0.15, -0.1) is 0 Å². The molecule has 0 radical (unpaired) electrons. The maximum atomic E-state index is 10.2. The monoisotopic (exact) mass is 131 g/mol. The first-order chi connectivity index (χ1) is 4.30. The van der Waals surface area contributed by atoms with E-state index < -0.39 is 5.97 Å². The molecule has 0 amide bonds. The Kier molecular flexibility index (Phi) is 3.78. The zero-order chi connectivity index (χ0) is 6.69. The van der Waals surface area contributed by atoms with E-state index >= 15 is 0 Å². The molecule has 0 saturated carbocycles. The van der Waals surface area contributed by atoms with Crippen LogP contribution in [-0.2, 0) is 0 Å². The predicted molar refractivity (Wildman–Crippen MR) is 38.3 cm³/mol. The number of rotatable bonds is 1. The van der Waals surface area contributed by atoms with Gasteiger partial charge in [0.1, 0.15) is 0 Å². The summed E-state index contributed by atoms with van der Waals surface area (Å²) in [4.78, 5) is 13.8. The van der Waals surface area contributed by atoms with Gasteiger partial charge in [0.25, 0.3) is 0 Å². The van der Waals surface area contributed by atoms with E-state index in [2.05, 4.69) is 4.98 Å². The quantitative estimate of drug-likeness (QED) is 0.551. The molecule has 0 bridgehead atoms. The van der Waals surface area contributed by atoms with E-state index in [-0.39, 0.29) is 24.4 Å². The summed E-state index contributed by atoms with van der Waals surface area (Å²) in [6.07, 6.45) is 2.90. The van der Waals surface area contributed by atoms with Crippen LogP contribution in [0.2, 0.25) is 0 Å². The molecule has 48 valence electrons. The van der Waals surface area contributed by atoms with Gasteiger partial charge in [0, 0.05) is 12.4 Å². The van der Waals surface area contributed by atoms with Crippen LogP contribution in [0.1, 0.15) is 10.4 Å². The van der Waals surface area contributed by atoms with Crippen molar-refractivity contribution >= 4 is 24.8 Å². The minimum absolute atomic E-state index is 0. The van der Waals surface area contributed by atoms with E-state index in [0.29, 0.717) is 0 Å². The Morgan fingerprint density at radius 1 is 1.40 bits per heavy atom. The van der Waals surface area contributed by atoms with Gasteiger partial charge in [-0.25, -0.2) is 4.79 Å². The van der Waals surface area contributed by atoms with Gasteiger partial charge in [0.2, 0.25) is 0 Å². The molecule has 10 heavy (non-hydrogen) atoms. The molecule has 0 saturated heterocycles. The first kappa shape index (κ1) is 9.22. The average Bonchev–Trinajstić information content (AvgIpc) is 1.90. The van der Waals surface area contributed by atoms with Crippen molar-refractivity contribution in [2.45, 2.75) is 0 Å². The Morgan fingerprint density at radius 3 is 2.20 bits per heavy atom. The fraction of sp³-hybridized carbons (Fsp3) is 0. The first-order valence-corrected chi connectivity index (χ1v) is 2.44. The van der Waals surface area contributed by atoms with Crippen LogP contribution >= 0.6 is 0 Å². The third kappa shape index (κ3) is 2.22. The van der Waals surface area contributed by atoms with Crippen molar-refractivity contribution < 1.29 is 9.90 Å². The van der Waals surface area contributed by atoms with Gasteiger partial charge in [0.05, 0.1) is 5.56 Å². The average molecular weight is 131 g/mol. The van der Waals surface area contributed by atoms with E-state index in [9.17, 15) is 4.79 Å². The maximum absolute atomic E-state index is 10.2. The van der Waals surface area contributed by atoms with Crippen molar-refractivity contribution in [1.82, 2.24) is 4.98 Å². The molecule has 1 aromatic rings. The normalized spacial score (nSPS) is 8.00. The van der Waals surface area contributed by atoms with E-state index in [1.54, 1.807) is 0 Å². The summed E-state index contributed by atoms with van der Waals surface area (Å²) in [5.74, 6) is -0.919. The molecular weight excluding hydrogens is 125 g/mol. The zero-order valence-corrected chi connectivity index (χ0v) is 4.61. The van der Waals surface area contributed by atoms with Gasteiger partial charge >= 0.3 is 24.8 Å². The molecule has 0 aromatic carbocycles. The summed E-state index contributed by atoms with van der Waals surface area (Å²) in [6.45, 7) is 0. The Balaban J connectivity index is 0.000000810. The van der Waals surface area contributed by atoms with Gasteiger partial charge in [0.15, 0.2) is 0 Å². The van der Waals surface area contributed by atoms with Crippen molar-refractivity contribution in [3.63, 3.8) is 0 Å². The van der Waals surface area contributed by atoms with Crippen LogP contribution in [-0.4, -0.2) is 34.9 Å². The third-order valence-electron chi connectivity index (χ3n) is 0.927. The predicted octanol–water partition coefficient (Wildman–Crippen LogP) is 0.131. The van der Waals surface area contributed by atoms with Crippen LogP contribution in [0.15, 0.2) is 24.5 Å². The molecule has 4 heteroatoms. The number of nitrogens with zero attached hydrogens (tertiary/aromatic N) is 1. The van der Waals surface area contributed by atoms with E-state index in [0.717, 1.165) is 0 Å². The van der Waals surface area contributed by atoms with E-state index in [1.165, 1.54) is 24.5 Å². The molecule has 1 aromatic heterocycles. The molecule has 0 aliphatic carbocycles. The van der Waals surface area contributed by atoms with E-state index in [1.807, 2.05) is 0 Å². The van der Waals surface area contributed by atoms with Crippen LogP contribution in [0.25, 0.3) is 0 Å². The molecule has 1 rings (SSSR count). The van der Waals surface area contributed by atoms with Crippen molar-refractivity contribution in [3.05, 3.63) is 30.1 Å². The molecular formula is C6H6LiNO2. The fourth-order valence-electron chi connectivity index (χ4n) is 0.494. The van der Waals surface area contributed by atoms with E-state index in [4.69, 9.17) is 5.11 Å². The molecule has 0 atom stereocenters. The third-order valence-corrected chi connectivity index (χ3v) is 0.927. The van der Waals surface area contributed by atoms with Gasteiger partial charge < -0.3 is 5.11 Å². The zero-order valence-electron chi connectivity index (χ0n) is 4.61. The number of aromatic nitrogens is 1. The fourth-order valence-corrected chi connectivity index (χ4v) is 0.494. The van der Waals surface area contributed by atoms with Crippen LogP contribution in [0.3, 0.4) is 0 Å².